The average molecular weight is 250 g/mol. The Morgan fingerprint density at radius 1 is 1.22 bits per heavy atom. The summed E-state index contributed by atoms with van der Waals surface area (Å²) in [5.41, 5.74) is 6.36. The van der Waals surface area contributed by atoms with Crippen molar-refractivity contribution in [2.24, 2.45) is 5.73 Å². The van der Waals surface area contributed by atoms with E-state index in [1.165, 1.54) is 12.3 Å². The summed E-state index contributed by atoms with van der Waals surface area (Å²) in [6, 6.07) is 6.27. The molecule has 2 rings (SSSR count). The fourth-order valence-corrected chi connectivity index (χ4v) is 1.41. The molecule has 0 saturated heterocycles. The Morgan fingerprint density at radius 3 is 2.56 bits per heavy atom. The maximum atomic E-state index is 13.3. The van der Waals surface area contributed by atoms with Gasteiger partial charge in [-0.15, -0.1) is 0 Å². The first-order valence-corrected chi connectivity index (χ1v) is 5.40. The van der Waals surface area contributed by atoms with Crippen LogP contribution in [0.5, 0.6) is 11.5 Å². The zero-order valence-corrected chi connectivity index (χ0v) is 9.73. The van der Waals surface area contributed by atoms with E-state index in [4.69, 9.17) is 10.5 Å². The molecule has 94 valence electrons. The lowest BCUT2D eigenvalue weighted by atomic mass is 10.2. The molecule has 0 aliphatic rings. The van der Waals surface area contributed by atoms with Crippen molar-refractivity contribution in [3.63, 3.8) is 0 Å². The van der Waals surface area contributed by atoms with Gasteiger partial charge < -0.3 is 10.5 Å². The highest BCUT2D eigenvalue weighted by molar-refractivity contribution is 5.31. The van der Waals surface area contributed by atoms with E-state index in [0.29, 0.717) is 11.4 Å². The molecular weight excluding hydrogens is 238 g/mol. The number of aromatic nitrogens is 1. The van der Waals surface area contributed by atoms with Crippen molar-refractivity contribution in [2.75, 3.05) is 0 Å². The summed E-state index contributed by atoms with van der Waals surface area (Å²) in [6.07, 6.45) is 1.45. The molecule has 2 N–H and O–H groups in total. The molecule has 1 atom stereocenters. The standard InChI is InChI=1S/C13H12F2N2O/c1-8(16)12-4-3-10(7-17-12)18-13-5-2-9(14)6-11(13)15/h2-8H,16H2,1H3. The van der Waals surface area contributed by atoms with Crippen LogP contribution in [-0.2, 0) is 0 Å². The molecule has 1 aromatic carbocycles. The highest BCUT2D eigenvalue weighted by Crippen LogP contribution is 2.24. The van der Waals surface area contributed by atoms with Gasteiger partial charge in [-0.2, -0.15) is 0 Å². The van der Waals surface area contributed by atoms with E-state index in [0.717, 1.165) is 12.1 Å². The van der Waals surface area contributed by atoms with E-state index in [1.54, 1.807) is 12.1 Å². The number of hydrogen-bond acceptors (Lipinski definition) is 3. The lowest BCUT2D eigenvalue weighted by molar-refractivity contribution is 0.435. The number of nitrogens with two attached hydrogens (primary N) is 1. The Morgan fingerprint density at radius 2 is 2.00 bits per heavy atom. The van der Waals surface area contributed by atoms with Crippen LogP contribution in [0.1, 0.15) is 18.7 Å². The number of pyridine rings is 1. The molecule has 5 heteroatoms. The summed E-state index contributed by atoms with van der Waals surface area (Å²) in [5, 5.41) is 0. The molecular formula is C13H12F2N2O. The number of benzene rings is 1. The van der Waals surface area contributed by atoms with Gasteiger partial charge in [0.15, 0.2) is 11.6 Å². The van der Waals surface area contributed by atoms with Crippen molar-refractivity contribution in [1.82, 2.24) is 4.98 Å². The van der Waals surface area contributed by atoms with E-state index in [9.17, 15) is 8.78 Å². The van der Waals surface area contributed by atoms with Crippen LogP contribution in [0.15, 0.2) is 36.5 Å². The van der Waals surface area contributed by atoms with Crippen molar-refractivity contribution in [1.29, 1.82) is 0 Å². The molecule has 0 saturated carbocycles. The van der Waals surface area contributed by atoms with Crippen LogP contribution in [0, 0.1) is 11.6 Å². The second-order valence-corrected chi connectivity index (χ2v) is 3.88. The Kier molecular flexibility index (Phi) is 3.53. The molecule has 18 heavy (non-hydrogen) atoms. The molecule has 0 radical (unpaired) electrons. The van der Waals surface area contributed by atoms with Gasteiger partial charge in [0.1, 0.15) is 11.6 Å². The molecule has 2 aromatic rings. The van der Waals surface area contributed by atoms with Crippen LogP contribution in [0.4, 0.5) is 8.78 Å². The summed E-state index contributed by atoms with van der Waals surface area (Å²) in [7, 11) is 0. The normalized spacial score (nSPS) is 12.2. The number of rotatable bonds is 3. The van der Waals surface area contributed by atoms with Crippen molar-refractivity contribution >= 4 is 0 Å². The van der Waals surface area contributed by atoms with Crippen LogP contribution in [-0.4, -0.2) is 4.98 Å². The Hall–Kier alpha value is -2.01. The van der Waals surface area contributed by atoms with E-state index in [2.05, 4.69) is 4.98 Å². The van der Waals surface area contributed by atoms with Crippen LogP contribution in [0.3, 0.4) is 0 Å². The van der Waals surface area contributed by atoms with Gasteiger partial charge in [-0.25, -0.2) is 8.78 Å². The first kappa shape index (κ1) is 12.4. The van der Waals surface area contributed by atoms with Gasteiger partial charge in [-0.1, -0.05) is 0 Å². The molecule has 0 aliphatic heterocycles. The minimum atomic E-state index is -0.758. The van der Waals surface area contributed by atoms with Crippen LogP contribution in [0.2, 0.25) is 0 Å². The maximum absolute atomic E-state index is 13.3. The first-order valence-electron chi connectivity index (χ1n) is 5.40. The zero-order valence-electron chi connectivity index (χ0n) is 9.73. The van der Waals surface area contributed by atoms with Gasteiger partial charge in [-0.05, 0) is 31.2 Å². The van der Waals surface area contributed by atoms with E-state index >= 15 is 0 Å². The van der Waals surface area contributed by atoms with Crippen molar-refractivity contribution in [2.45, 2.75) is 13.0 Å². The largest absolute Gasteiger partial charge is 0.453 e. The fourth-order valence-electron chi connectivity index (χ4n) is 1.41. The topological polar surface area (TPSA) is 48.1 Å². The lowest BCUT2D eigenvalue weighted by Crippen LogP contribution is -2.06. The molecule has 1 unspecified atom stereocenters. The maximum Gasteiger partial charge on any atom is 0.168 e. The van der Waals surface area contributed by atoms with E-state index in [-0.39, 0.29) is 11.8 Å². The van der Waals surface area contributed by atoms with Crippen molar-refractivity contribution < 1.29 is 13.5 Å². The summed E-state index contributed by atoms with van der Waals surface area (Å²) in [5.74, 6) is -1.09. The van der Waals surface area contributed by atoms with Gasteiger partial charge in [0, 0.05) is 12.1 Å². The molecule has 1 heterocycles. The predicted molar refractivity (Wildman–Crippen MR) is 63.3 cm³/mol. The quantitative estimate of drug-likeness (QED) is 0.910. The third kappa shape index (κ3) is 2.81. The Balaban J connectivity index is 2.18. The fraction of sp³-hybridized carbons (Fsp3) is 0.154. The average Bonchev–Trinajstić information content (AvgIpc) is 2.33. The molecule has 0 aliphatic carbocycles. The Labute approximate surface area is 103 Å². The summed E-state index contributed by atoms with van der Waals surface area (Å²) in [4.78, 5) is 4.08. The number of halogens is 2. The second kappa shape index (κ2) is 5.10. The van der Waals surface area contributed by atoms with Gasteiger partial charge in [0.25, 0.3) is 0 Å². The molecule has 0 fully saturated rings. The van der Waals surface area contributed by atoms with Gasteiger partial charge in [0.2, 0.25) is 0 Å². The van der Waals surface area contributed by atoms with Crippen molar-refractivity contribution in [3.05, 3.63) is 53.9 Å². The van der Waals surface area contributed by atoms with E-state index in [1.807, 2.05) is 6.92 Å². The third-order valence-electron chi connectivity index (χ3n) is 2.35. The lowest BCUT2D eigenvalue weighted by Gasteiger charge is -2.08. The van der Waals surface area contributed by atoms with Crippen molar-refractivity contribution in [3.8, 4) is 11.5 Å². The predicted octanol–water partition coefficient (Wildman–Crippen LogP) is 3.17. The minimum absolute atomic E-state index is 0.0493. The summed E-state index contributed by atoms with van der Waals surface area (Å²) < 4.78 is 31.3. The first-order chi connectivity index (χ1) is 8.56. The summed E-state index contributed by atoms with van der Waals surface area (Å²) in [6.45, 7) is 1.81. The number of nitrogens with zero attached hydrogens (tertiary/aromatic N) is 1. The Bertz CT molecular complexity index is 541. The van der Waals surface area contributed by atoms with Crippen LogP contribution >= 0.6 is 0 Å². The van der Waals surface area contributed by atoms with Gasteiger partial charge in [0.05, 0.1) is 11.9 Å². The van der Waals surface area contributed by atoms with Gasteiger partial charge in [-0.3, -0.25) is 4.98 Å². The number of ether oxygens (including phenoxy) is 1. The minimum Gasteiger partial charge on any atom is -0.453 e. The molecule has 1 aromatic heterocycles. The van der Waals surface area contributed by atoms with Crippen LogP contribution < -0.4 is 10.5 Å². The SMILES string of the molecule is CC(N)c1ccc(Oc2ccc(F)cc2F)cn1. The highest BCUT2D eigenvalue weighted by Gasteiger charge is 2.07. The third-order valence-corrected chi connectivity index (χ3v) is 2.35. The highest BCUT2D eigenvalue weighted by atomic mass is 19.1. The number of hydrogen-bond donors (Lipinski definition) is 1. The van der Waals surface area contributed by atoms with Crippen LogP contribution in [0.25, 0.3) is 0 Å². The zero-order chi connectivity index (χ0) is 13.1. The molecule has 0 spiro atoms. The second-order valence-electron chi connectivity index (χ2n) is 3.88. The molecule has 0 bridgehead atoms. The molecule has 0 amide bonds. The smallest absolute Gasteiger partial charge is 0.168 e. The van der Waals surface area contributed by atoms with E-state index < -0.39 is 11.6 Å². The van der Waals surface area contributed by atoms with Gasteiger partial charge >= 0.3 is 0 Å². The molecule has 3 nitrogen and oxygen atoms in total. The summed E-state index contributed by atoms with van der Waals surface area (Å²) >= 11 is 0. The monoisotopic (exact) mass is 250 g/mol.